The summed E-state index contributed by atoms with van der Waals surface area (Å²) in [6.07, 6.45) is -0.620. The molecule has 0 unspecified atom stereocenters. The summed E-state index contributed by atoms with van der Waals surface area (Å²) in [6, 6.07) is 2.63. The van der Waals surface area contributed by atoms with E-state index in [0.29, 0.717) is 37.6 Å². The maximum absolute atomic E-state index is 14.1. The van der Waals surface area contributed by atoms with Crippen LogP contribution in [0.2, 0.25) is 5.02 Å². The highest BCUT2D eigenvalue weighted by molar-refractivity contribution is 6.33. The van der Waals surface area contributed by atoms with Crippen LogP contribution in [0.25, 0.3) is 11.4 Å². The van der Waals surface area contributed by atoms with E-state index in [1.165, 1.54) is 15.8 Å². The van der Waals surface area contributed by atoms with E-state index in [1.807, 2.05) is 17.9 Å². The number of rotatable bonds is 7. The van der Waals surface area contributed by atoms with Crippen LogP contribution in [0.15, 0.2) is 35.4 Å². The van der Waals surface area contributed by atoms with Crippen LogP contribution < -0.4 is 15.8 Å². The highest BCUT2D eigenvalue weighted by atomic mass is 35.5. The molecule has 3 aromatic heterocycles. The van der Waals surface area contributed by atoms with Crippen LogP contribution in [0.5, 0.6) is 5.88 Å². The number of hydrogen-bond donors (Lipinski definition) is 2. The number of piperazine rings is 1. The molecule has 2 N–H and O–H groups in total. The normalized spacial score (nSPS) is 15.6. The van der Waals surface area contributed by atoms with E-state index in [2.05, 4.69) is 20.4 Å². The number of amides is 2. The lowest BCUT2D eigenvalue weighted by Gasteiger charge is -2.36. The van der Waals surface area contributed by atoms with Crippen LogP contribution in [-0.2, 0) is 35.7 Å². The zero-order valence-electron chi connectivity index (χ0n) is 25.9. The van der Waals surface area contributed by atoms with E-state index < -0.39 is 29.1 Å². The van der Waals surface area contributed by atoms with E-state index in [0.717, 1.165) is 28.3 Å². The zero-order valence-corrected chi connectivity index (χ0v) is 26.7. The number of carbonyl (C=O) groups excluding carboxylic acids is 2. The second-order valence-electron chi connectivity index (χ2n) is 11.3. The number of benzene rings is 1. The zero-order chi connectivity index (χ0) is 34.3. The molecule has 2 amide bonds. The number of aromatic hydroxyl groups is 1. The summed E-state index contributed by atoms with van der Waals surface area (Å²) >= 11 is 6.10. The Bertz CT molecular complexity index is 1990. The van der Waals surface area contributed by atoms with Crippen molar-refractivity contribution in [3.8, 4) is 5.88 Å². The summed E-state index contributed by atoms with van der Waals surface area (Å²) in [5, 5.41) is 17.0. The molecule has 5 heterocycles. The molecule has 0 spiro atoms. The van der Waals surface area contributed by atoms with Gasteiger partial charge in [-0.05, 0) is 36.6 Å². The second kappa shape index (κ2) is 13.0. The van der Waals surface area contributed by atoms with Crippen LogP contribution >= 0.6 is 11.6 Å². The minimum absolute atomic E-state index is 0.0146. The van der Waals surface area contributed by atoms with Crippen molar-refractivity contribution in [2.45, 2.75) is 32.5 Å². The van der Waals surface area contributed by atoms with Crippen LogP contribution in [0.4, 0.5) is 24.5 Å². The van der Waals surface area contributed by atoms with Crippen molar-refractivity contribution in [2.75, 3.05) is 49.6 Å². The molecule has 2 aliphatic heterocycles. The summed E-state index contributed by atoms with van der Waals surface area (Å²) in [5.74, 6) is -0.901. The van der Waals surface area contributed by atoms with Gasteiger partial charge in [-0.2, -0.15) is 22.7 Å². The number of imidazole rings is 1. The molecule has 2 aliphatic rings. The Morgan fingerprint density at radius 2 is 1.92 bits per heavy atom. The Balaban J connectivity index is 1.35. The number of hydrogen-bond acceptors (Lipinski definition) is 9. The van der Waals surface area contributed by atoms with Crippen molar-refractivity contribution in [1.82, 2.24) is 33.6 Å². The van der Waals surface area contributed by atoms with Gasteiger partial charge in [0.25, 0.3) is 11.5 Å². The molecule has 6 rings (SSSR count). The van der Waals surface area contributed by atoms with Crippen molar-refractivity contribution >= 4 is 46.1 Å². The summed E-state index contributed by atoms with van der Waals surface area (Å²) in [4.78, 5) is 52.6. The first-order chi connectivity index (χ1) is 22.9. The van der Waals surface area contributed by atoms with Gasteiger partial charge in [-0.1, -0.05) is 24.6 Å². The lowest BCUT2D eigenvalue weighted by molar-refractivity contribution is -0.137. The third-order valence-electron chi connectivity index (χ3n) is 8.27. The number of fused-ring (bicyclic) bond motifs is 1. The van der Waals surface area contributed by atoms with Gasteiger partial charge in [0.1, 0.15) is 12.2 Å². The molecule has 254 valence electrons. The smallest absolute Gasteiger partial charge is 0.416 e. The quantitative estimate of drug-likeness (QED) is 0.298. The van der Waals surface area contributed by atoms with Gasteiger partial charge in [0.15, 0.2) is 11.5 Å². The molecular weight excluding hydrogens is 659 g/mol. The molecule has 0 radical (unpaired) electrons. The van der Waals surface area contributed by atoms with Crippen molar-refractivity contribution in [3.05, 3.63) is 68.8 Å². The Morgan fingerprint density at radius 3 is 2.52 bits per heavy atom. The summed E-state index contributed by atoms with van der Waals surface area (Å²) < 4.78 is 48.9. The fourth-order valence-corrected chi connectivity index (χ4v) is 6.01. The van der Waals surface area contributed by atoms with E-state index in [4.69, 9.17) is 16.3 Å². The number of aromatic nitrogens is 6. The Hall–Kier alpha value is -4.90. The van der Waals surface area contributed by atoms with Crippen molar-refractivity contribution < 1.29 is 32.6 Å². The van der Waals surface area contributed by atoms with Crippen molar-refractivity contribution in [1.29, 1.82) is 0 Å². The van der Waals surface area contributed by atoms with Gasteiger partial charge < -0.3 is 34.1 Å². The monoisotopic (exact) mass is 689 g/mol. The summed E-state index contributed by atoms with van der Waals surface area (Å²) in [6.45, 7) is 3.21. The van der Waals surface area contributed by atoms with E-state index >= 15 is 0 Å². The Kier molecular flexibility index (Phi) is 8.91. The number of nitrogens with one attached hydrogen (secondary N) is 1. The van der Waals surface area contributed by atoms with E-state index in [-0.39, 0.29) is 66.5 Å². The lowest BCUT2D eigenvalue weighted by atomic mass is 10.1. The topological polar surface area (TPSA) is 152 Å². The molecule has 0 aliphatic carbocycles. The molecule has 18 heteroatoms. The molecule has 0 atom stereocenters. The van der Waals surface area contributed by atoms with Gasteiger partial charge in [-0.25, -0.2) is 4.98 Å². The molecule has 0 saturated carbocycles. The summed E-state index contributed by atoms with van der Waals surface area (Å²) in [7, 11) is 1.57. The molecule has 14 nitrogen and oxygen atoms in total. The van der Waals surface area contributed by atoms with Crippen LogP contribution in [0.3, 0.4) is 0 Å². The molecular formula is C30H31ClF3N9O5. The average Bonchev–Trinajstić information content (AvgIpc) is 3.66. The molecule has 1 fully saturated rings. The Morgan fingerprint density at radius 1 is 1.17 bits per heavy atom. The standard InChI is InChI=1S/C30H31ClF3N9O5/c1-3-21-24(40-8-10-41(11-9-40)27(46)23-26(45)39(2)16-35-23)28(47)43-29(37-25(38-43)17-6-12-48-13-7-17)42(21)15-22(44)36-20-5-4-18(14-19(20)31)30(32,33)34/h4-6,14,16,45H,3,7-13,15H2,1-2H3,(H,36,44). The Labute approximate surface area is 276 Å². The number of ether oxygens (including phenoxy) is 1. The van der Waals surface area contributed by atoms with Gasteiger partial charge in [0, 0.05) is 33.2 Å². The number of nitrogens with zero attached hydrogens (tertiary/aromatic N) is 8. The van der Waals surface area contributed by atoms with Gasteiger partial charge in [-0.15, -0.1) is 5.10 Å². The third kappa shape index (κ3) is 6.22. The van der Waals surface area contributed by atoms with E-state index in [9.17, 15) is 32.7 Å². The molecule has 4 aromatic rings. The van der Waals surface area contributed by atoms with Gasteiger partial charge in [0.2, 0.25) is 17.6 Å². The van der Waals surface area contributed by atoms with Crippen molar-refractivity contribution in [2.24, 2.45) is 7.05 Å². The number of alkyl halides is 3. The third-order valence-corrected chi connectivity index (χ3v) is 8.59. The molecule has 0 bridgehead atoms. The van der Waals surface area contributed by atoms with Crippen LogP contribution in [-0.4, -0.2) is 89.9 Å². The van der Waals surface area contributed by atoms with Gasteiger partial charge >= 0.3 is 6.18 Å². The highest BCUT2D eigenvalue weighted by Crippen LogP contribution is 2.34. The number of halogens is 4. The van der Waals surface area contributed by atoms with Gasteiger partial charge in [0.05, 0.1) is 41.5 Å². The fraction of sp³-hybridized carbons (Fsp3) is 0.400. The lowest BCUT2D eigenvalue weighted by Crippen LogP contribution is -2.51. The maximum atomic E-state index is 14.1. The largest absolute Gasteiger partial charge is 0.493 e. The van der Waals surface area contributed by atoms with Gasteiger partial charge in [-0.3, -0.25) is 14.4 Å². The SMILES string of the molecule is CCc1c(N2CCN(C(=O)c3ncn(C)c3O)CC2)c(=O)n2nc(C3=CCOCC3)nc2n1CC(=O)Nc1ccc(C(F)(F)F)cc1Cl. The maximum Gasteiger partial charge on any atom is 0.416 e. The van der Waals surface area contributed by atoms with Crippen LogP contribution in [0.1, 0.15) is 40.9 Å². The predicted molar refractivity (Wildman–Crippen MR) is 168 cm³/mol. The number of carbonyl (C=O) groups is 2. The van der Waals surface area contributed by atoms with Crippen molar-refractivity contribution in [3.63, 3.8) is 0 Å². The predicted octanol–water partition coefficient (Wildman–Crippen LogP) is 2.97. The minimum Gasteiger partial charge on any atom is -0.493 e. The number of anilines is 2. The van der Waals surface area contributed by atoms with Crippen LogP contribution in [0, 0.1) is 0 Å². The fourth-order valence-electron chi connectivity index (χ4n) is 5.78. The molecule has 1 saturated heterocycles. The number of aryl methyl sites for hydroxylation is 1. The average molecular weight is 690 g/mol. The first-order valence-corrected chi connectivity index (χ1v) is 15.5. The first kappa shape index (κ1) is 33.0. The highest BCUT2D eigenvalue weighted by Gasteiger charge is 2.32. The minimum atomic E-state index is -4.61. The summed E-state index contributed by atoms with van der Waals surface area (Å²) in [5.41, 5.74) is 0.0283. The molecule has 48 heavy (non-hydrogen) atoms. The second-order valence-corrected chi connectivity index (χ2v) is 11.7. The van der Waals surface area contributed by atoms with E-state index in [1.54, 1.807) is 11.6 Å². The molecule has 1 aromatic carbocycles. The first-order valence-electron chi connectivity index (χ1n) is 15.1.